The van der Waals surface area contributed by atoms with Gasteiger partial charge < -0.3 is 25.2 Å². The Morgan fingerprint density at radius 1 is 1.28 bits per heavy atom. The first-order chi connectivity index (χ1) is 14.0. The molecule has 1 saturated heterocycles. The third-order valence-electron chi connectivity index (χ3n) is 4.71. The standard InChI is InChI=1S/C20H25ClN4O3S/c1-24(2)17(18-4-3-11-29-18)13-22-20(27)23-14-5-6-15(16(21)12-14)19(26)25-7-9-28-10-8-25/h3-6,11-12,17H,7-10,13H2,1-2H3,(H2,22,23,27). The Labute approximate surface area is 179 Å². The molecule has 0 spiro atoms. The van der Waals surface area contributed by atoms with Gasteiger partial charge in [0.25, 0.3) is 5.91 Å². The van der Waals surface area contributed by atoms with Crippen molar-refractivity contribution in [2.75, 3.05) is 52.3 Å². The predicted octanol–water partition coefficient (Wildman–Crippen LogP) is 3.30. The number of likely N-dealkylation sites (N-methyl/N-ethyl adjacent to an activating group) is 1. The fraction of sp³-hybridized carbons (Fsp3) is 0.400. The molecule has 29 heavy (non-hydrogen) atoms. The Morgan fingerprint density at radius 3 is 2.66 bits per heavy atom. The highest BCUT2D eigenvalue weighted by molar-refractivity contribution is 7.10. The van der Waals surface area contributed by atoms with Crippen LogP contribution in [0, 0.1) is 0 Å². The number of benzene rings is 1. The summed E-state index contributed by atoms with van der Waals surface area (Å²) in [6, 6.07) is 8.75. The number of rotatable bonds is 6. The van der Waals surface area contributed by atoms with Crippen LogP contribution in [0.5, 0.6) is 0 Å². The molecule has 0 radical (unpaired) electrons. The number of carbonyl (C=O) groups is 2. The molecule has 3 amide bonds. The average Bonchev–Trinajstić information content (AvgIpc) is 3.22. The van der Waals surface area contributed by atoms with Gasteiger partial charge in [-0.2, -0.15) is 0 Å². The zero-order chi connectivity index (χ0) is 20.8. The van der Waals surface area contributed by atoms with Crippen LogP contribution >= 0.6 is 22.9 Å². The van der Waals surface area contributed by atoms with Crippen LogP contribution in [0.4, 0.5) is 10.5 Å². The number of morpholine rings is 1. The normalized spacial score (nSPS) is 15.2. The molecule has 2 aromatic rings. The number of amides is 3. The second-order valence-electron chi connectivity index (χ2n) is 6.93. The van der Waals surface area contributed by atoms with E-state index in [-0.39, 0.29) is 18.0 Å². The van der Waals surface area contributed by atoms with Crippen molar-refractivity contribution in [2.45, 2.75) is 6.04 Å². The van der Waals surface area contributed by atoms with Crippen LogP contribution in [0.1, 0.15) is 21.3 Å². The number of hydrogen-bond acceptors (Lipinski definition) is 5. The smallest absolute Gasteiger partial charge is 0.319 e. The highest BCUT2D eigenvalue weighted by atomic mass is 35.5. The zero-order valence-electron chi connectivity index (χ0n) is 16.5. The Morgan fingerprint density at radius 2 is 2.03 bits per heavy atom. The van der Waals surface area contributed by atoms with Crippen molar-refractivity contribution in [3.8, 4) is 0 Å². The minimum Gasteiger partial charge on any atom is -0.378 e. The van der Waals surface area contributed by atoms with Crippen molar-refractivity contribution in [3.63, 3.8) is 0 Å². The van der Waals surface area contributed by atoms with E-state index >= 15 is 0 Å². The molecule has 1 aliphatic rings. The number of carbonyl (C=O) groups excluding carboxylic acids is 2. The van der Waals surface area contributed by atoms with Crippen LogP contribution in [0.15, 0.2) is 35.7 Å². The second kappa shape index (κ2) is 10.1. The largest absolute Gasteiger partial charge is 0.378 e. The van der Waals surface area contributed by atoms with Crippen LogP contribution in [0.2, 0.25) is 5.02 Å². The maximum absolute atomic E-state index is 12.6. The SMILES string of the molecule is CN(C)C(CNC(=O)Nc1ccc(C(=O)N2CCOCC2)c(Cl)c1)c1cccs1. The molecule has 1 aliphatic heterocycles. The van der Waals surface area contributed by atoms with Crippen LogP contribution in [0.3, 0.4) is 0 Å². The van der Waals surface area contributed by atoms with Gasteiger partial charge in [0.15, 0.2) is 0 Å². The minimum absolute atomic E-state index is 0.0952. The summed E-state index contributed by atoms with van der Waals surface area (Å²) in [5.41, 5.74) is 0.952. The van der Waals surface area contributed by atoms with Crippen LogP contribution < -0.4 is 10.6 Å². The third-order valence-corrected chi connectivity index (χ3v) is 5.99. The molecule has 9 heteroatoms. The van der Waals surface area contributed by atoms with E-state index in [1.54, 1.807) is 34.4 Å². The predicted molar refractivity (Wildman–Crippen MR) is 116 cm³/mol. The highest BCUT2D eigenvalue weighted by Crippen LogP contribution is 2.24. The van der Waals surface area contributed by atoms with E-state index in [9.17, 15) is 9.59 Å². The van der Waals surface area contributed by atoms with Crippen molar-refractivity contribution >= 4 is 40.6 Å². The number of nitrogens with zero attached hydrogens (tertiary/aromatic N) is 2. The topological polar surface area (TPSA) is 73.9 Å². The van der Waals surface area contributed by atoms with E-state index in [1.807, 2.05) is 25.5 Å². The minimum atomic E-state index is -0.322. The Hall–Kier alpha value is -2.13. The Kier molecular flexibility index (Phi) is 7.49. The molecule has 1 aromatic heterocycles. The van der Waals surface area contributed by atoms with Gasteiger partial charge in [-0.1, -0.05) is 17.7 Å². The fourth-order valence-corrected chi connectivity index (χ4v) is 4.27. The first-order valence-electron chi connectivity index (χ1n) is 9.37. The molecule has 1 fully saturated rings. The lowest BCUT2D eigenvalue weighted by atomic mass is 10.1. The lowest BCUT2D eigenvalue weighted by molar-refractivity contribution is 0.0303. The molecule has 0 saturated carbocycles. The summed E-state index contributed by atoms with van der Waals surface area (Å²) in [7, 11) is 3.96. The van der Waals surface area contributed by atoms with Gasteiger partial charge in [-0.05, 0) is 43.7 Å². The van der Waals surface area contributed by atoms with Gasteiger partial charge in [0.05, 0.1) is 29.8 Å². The van der Waals surface area contributed by atoms with Crippen molar-refractivity contribution in [1.82, 2.24) is 15.1 Å². The van der Waals surface area contributed by atoms with E-state index in [0.29, 0.717) is 49.1 Å². The van der Waals surface area contributed by atoms with E-state index < -0.39 is 0 Å². The maximum Gasteiger partial charge on any atom is 0.319 e. The van der Waals surface area contributed by atoms with Gasteiger partial charge in [-0.3, -0.25) is 4.79 Å². The van der Waals surface area contributed by atoms with E-state index in [4.69, 9.17) is 16.3 Å². The van der Waals surface area contributed by atoms with Gasteiger partial charge in [0.1, 0.15) is 0 Å². The molecule has 0 aliphatic carbocycles. The van der Waals surface area contributed by atoms with Crippen molar-refractivity contribution in [2.24, 2.45) is 0 Å². The average molecular weight is 437 g/mol. The number of hydrogen-bond donors (Lipinski definition) is 2. The Balaban J connectivity index is 1.57. The molecule has 2 heterocycles. The number of halogens is 1. The molecule has 1 aromatic carbocycles. The van der Waals surface area contributed by atoms with E-state index in [1.165, 1.54) is 4.88 Å². The number of anilines is 1. The lowest BCUT2D eigenvalue weighted by Crippen LogP contribution is -2.40. The highest BCUT2D eigenvalue weighted by Gasteiger charge is 2.21. The van der Waals surface area contributed by atoms with Gasteiger partial charge in [0, 0.05) is 30.2 Å². The first kappa shape index (κ1) is 21.6. The van der Waals surface area contributed by atoms with Crippen LogP contribution in [-0.4, -0.2) is 68.7 Å². The molecule has 0 bridgehead atoms. The van der Waals surface area contributed by atoms with E-state index in [2.05, 4.69) is 21.6 Å². The zero-order valence-corrected chi connectivity index (χ0v) is 18.1. The van der Waals surface area contributed by atoms with Crippen molar-refractivity contribution in [1.29, 1.82) is 0 Å². The summed E-state index contributed by atoms with van der Waals surface area (Å²) in [5.74, 6) is -0.126. The lowest BCUT2D eigenvalue weighted by Gasteiger charge is -2.27. The number of thiophene rings is 1. The quantitative estimate of drug-likeness (QED) is 0.728. The van der Waals surface area contributed by atoms with Gasteiger partial charge >= 0.3 is 6.03 Å². The molecule has 7 nitrogen and oxygen atoms in total. The van der Waals surface area contributed by atoms with Crippen molar-refractivity contribution < 1.29 is 14.3 Å². The van der Waals surface area contributed by atoms with Gasteiger partial charge in [-0.25, -0.2) is 4.79 Å². The first-order valence-corrected chi connectivity index (χ1v) is 10.6. The van der Waals surface area contributed by atoms with Gasteiger partial charge in [0.2, 0.25) is 0 Å². The molecule has 3 rings (SSSR count). The molecule has 1 atom stereocenters. The summed E-state index contributed by atoms with van der Waals surface area (Å²) in [4.78, 5) is 29.9. The molecule has 156 valence electrons. The molecule has 1 unspecified atom stereocenters. The molecular weight excluding hydrogens is 412 g/mol. The second-order valence-corrected chi connectivity index (χ2v) is 8.32. The fourth-order valence-electron chi connectivity index (χ4n) is 3.09. The van der Waals surface area contributed by atoms with Crippen LogP contribution in [0.25, 0.3) is 0 Å². The summed E-state index contributed by atoms with van der Waals surface area (Å²) < 4.78 is 5.27. The summed E-state index contributed by atoms with van der Waals surface area (Å²) in [6.07, 6.45) is 0. The molecule has 2 N–H and O–H groups in total. The molecular formula is C20H25ClN4O3S. The van der Waals surface area contributed by atoms with Crippen molar-refractivity contribution in [3.05, 3.63) is 51.2 Å². The number of nitrogens with one attached hydrogen (secondary N) is 2. The summed E-state index contributed by atoms with van der Waals surface area (Å²) in [5, 5.41) is 8.00. The third kappa shape index (κ3) is 5.70. The summed E-state index contributed by atoms with van der Waals surface area (Å²) >= 11 is 7.97. The Bertz CT molecular complexity index is 838. The number of urea groups is 1. The van der Waals surface area contributed by atoms with E-state index in [0.717, 1.165) is 0 Å². The monoisotopic (exact) mass is 436 g/mol. The van der Waals surface area contributed by atoms with Gasteiger partial charge in [-0.15, -0.1) is 11.3 Å². The van der Waals surface area contributed by atoms with Crippen LogP contribution in [-0.2, 0) is 4.74 Å². The summed E-state index contributed by atoms with van der Waals surface area (Å²) in [6.45, 7) is 2.63. The maximum atomic E-state index is 12.6. The number of ether oxygens (including phenoxy) is 1.